The fourth-order valence-corrected chi connectivity index (χ4v) is 4.93. The van der Waals surface area contributed by atoms with Gasteiger partial charge in [0.05, 0.1) is 0 Å². The number of hydrogen-bond donors (Lipinski definition) is 2. The second kappa shape index (κ2) is 11.0. The highest BCUT2D eigenvalue weighted by Crippen LogP contribution is 2.42. The molecule has 1 heterocycles. The van der Waals surface area contributed by atoms with E-state index in [1.165, 1.54) is 28.9 Å². The Labute approximate surface area is 210 Å². The first-order chi connectivity index (χ1) is 16.4. The summed E-state index contributed by atoms with van der Waals surface area (Å²) in [5, 5.41) is 4.56. The van der Waals surface area contributed by atoms with Crippen molar-refractivity contribution >= 4 is 52.5 Å². The van der Waals surface area contributed by atoms with E-state index >= 15 is 0 Å². The third kappa shape index (κ3) is 6.14. The largest absolute Gasteiger partial charge is 0.484 e. The Balaban J connectivity index is 1.45. The lowest BCUT2D eigenvalue weighted by Crippen LogP contribution is -2.48. The summed E-state index contributed by atoms with van der Waals surface area (Å²) in [6, 6.07) is 19.6. The minimum atomic E-state index is -0.494. The molecule has 0 radical (unpaired) electrons. The van der Waals surface area contributed by atoms with Gasteiger partial charge in [-0.25, -0.2) is 9.40 Å². The minimum absolute atomic E-state index is 0.274. The number of nitrogens with zero attached hydrogens (tertiary/aromatic N) is 1. The van der Waals surface area contributed by atoms with E-state index in [9.17, 15) is 14.0 Å². The van der Waals surface area contributed by atoms with Gasteiger partial charge < -0.3 is 10.1 Å². The first-order valence-corrected chi connectivity index (χ1v) is 12.0. The lowest BCUT2D eigenvalue weighted by atomic mass is 10.2. The van der Waals surface area contributed by atoms with E-state index in [0.29, 0.717) is 28.0 Å². The number of thioether (sulfide) groups is 1. The molecule has 34 heavy (non-hydrogen) atoms. The van der Waals surface area contributed by atoms with Gasteiger partial charge >= 0.3 is 0 Å². The Kier molecular flexibility index (Phi) is 7.82. The zero-order valence-electron chi connectivity index (χ0n) is 17.7. The maximum absolute atomic E-state index is 13.2. The van der Waals surface area contributed by atoms with Crippen LogP contribution in [0.3, 0.4) is 0 Å². The van der Waals surface area contributed by atoms with Crippen molar-refractivity contribution in [1.29, 1.82) is 0 Å². The van der Waals surface area contributed by atoms with Crippen LogP contribution in [0, 0.1) is 5.82 Å². The molecular weight excluding hydrogens is 500 g/mol. The van der Waals surface area contributed by atoms with Crippen LogP contribution in [0.5, 0.6) is 5.75 Å². The Hall–Kier alpha value is -2.94. The van der Waals surface area contributed by atoms with Crippen LogP contribution in [-0.4, -0.2) is 35.2 Å². The number of carbonyl (C=O) groups is 2. The van der Waals surface area contributed by atoms with Gasteiger partial charge in [0.2, 0.25) is 0 Å². The highest BCUT2D eigenvalue weighted by molar-refractivity contribution is 8.01. The van der Waals surface area contributed by atoms with Gasteiger partial charge in [-0.3, -0.25) is 15.0 Å². The number of hydrogen-bond acceptors (Lipinski definition) is 5. The van der Waals surface area contributed by atoms with Gasteiger partial charge in [-0.2, -0.15) is 0 Å². The molecule has 0 spiro atoms. The number of nitrogens with one attached hydrogen (secondary N) is 2. The summed E-state index contributed by atoms with van der Waals surface area (Å²) >= 11 is 13.4. The Morgan fingerprint density at radius 2 is 1.76 bits per heavy atom. The van der Waals surface area contributed by atoms with E-state index < -0.39 is 16.5 Å². The Morgan fingerprint density at radius 3 is 2.47 bits per heavy atom. The molecule has 0 saturated carbocycles. The predicted molar refractivity (Wildman–Crippen MR) is 132 cm³/mol. The number of rotatable bonds is 8. The second-order valence-electron chi connectivity index (χ2n) is 7.41. The zero-order valence-corrected chi connectivity index (χ0v) is 20.0. The molecule has 0 bridgehead atoms. The van der Waals surface area contributed by atoms with Gasteiger partial charge in [0.15, 0.2) is 6.61 Å². The zero-order chi connectivity index (χ0) is 24.1. The summed E-state index contributed by atoms with van der Waals surface area (Å²) in [4.78, 5) is 25.8. The number of anilines is 1. The molecule has 6 nitrogen and oxygen atoms in total. The first kappa shape index (κ1) is 24.2. The normalized spacial score (nSPS) is 17.5. The molecular formula is C24H20Cl2FN3O3S. The molecule has 3 aromatic carbocycles. The van der Waals surface area contributed by atoms with Gasteiger partial charge in [-0.1, -0.05) is 35.3 Å². The summed E-state index contributed by atoms with van der Waals surface area (Å²) in [5.74, 6) is -0.616. The molecule has 4 rings (SSSR count). The van der Waals surface area contributed by atoms with Crippen molar-refractivity contribution in [3.05, 3.63) is 94.2 Å². The quantitative estimate of drug-likeness (QED) is 0.422. The van der Waals surface area contributed by atoms with Gasteiger partial charge in [0.25, 0.3) is 11.8 Å². The summed E-state index contributed by atoms with van der Waals surface area (Å²) in [6.07, 6.45) is 0. The van der Waals surface area contributed by atoms with Crippen molar-refractivity contribution < 1.29 is 18.7 Å². The van der Waals surface area contributed by atoms with Crippen molar-refractivity contribution in [3.63, 3.8) is 0 Å². The fraction of sp³-hybridized carbons (Fsp3) is 0.167. The van der Waals surface area contributed by atoms with Crippen LogP contribution in [0.25, 0.3) is 0 Å². The van der Waals surface area contributed by atoms with E-state index in [1.807, 2.05) is 6.07 Å². The van der Waals surface area contributed by atoms with Gasteiger partial charge in [-0.05, 0) is 66.2 Å². The number of amides is 2. The molecule has 0 aliphatic carbocycles. The SMILES string of the molecule is O=C(COc1ccc(Cl)cc1)NN1C(=O)C(CNc2ccc(F)cc2)SC1c1cccc(Cl)c1. The standard InChI is InChI=1S/C24H20Cl2FN3O3S/c25-16-4-10-20(11-5-16)33-14-22(31)29-30-23(32)21(13-28-19-8-6-18(27)7-9-19)34-24(30)15-2-1-3-17(26)12-15/h1-12,21,24,28H,13-14H2,(H,29,31). The molecule has 2 atom stereocenters. The maximum Gasteiger partial charge on any atom is 0.276 e. The monoisotopic (exact) mass is 519 g/mol. The number of halogens is 3. The van der Waals surface area contributed by atoms with Crippen LogP contribution in [0.2, 0.25) is 10.0 Å². The summed E-state index contributed by atoms with van der Waals surface area (Å²) in [6.45, 7) is 0.0106. The molecule has 3 aromatic rings. The van der Waals surface area contributed by atoms with E-state index in [1.54, 1.807) is 54.6 Å². The number of ether oxygens (including phenoxy) is 1. The summed E-state index contributed by atoms with van der Waals surface area (Å²) in [7, 11) is 0. The second-order valence-corrected chi connectivity index (χ2v) is 9.57. The van der Waals surface area contributed by atoms with Crippen LogP contribution in [0.1, 0.15) is 10.9 Å². The smallest absolute Gasteiger partial charge is 0.276 e. The Bertz CT molecular complexity index is 1160. The van der Waals surface area contributed by atoms with E-state index in [-0.39, 0.29) is 18.3 Å². The molecule has 1 aliphatic rings. The molecule has 2 N–H and O–H groups in total. The molecule has 2 unspecified atom stereocenters. The third-order valence-corrected chi connectivity index (χ3v) is 6.86. The van der Waals surface area contributed by atoms with Crippen LogP contribution in [-0.2, 0) is 9.59 Å². The number of benzene rings is 3. The molecule has 2 amide bonds. The third-order valence-electron chi connectivity index (χ3n) is 4.94. The first-order valence-electron chi connectivity index (χ1n) is 10.3. The summed E-state index contributed by atoms with van der Waals surface area (Å²) in [5.41, 5.74) is 4.13. The van der Waals surface area contributed by atoms with Crippen molar-refractivity contribution in [2.24, 2.45) is 0 Å². The topological polar surface area (TPSA) is 70.7 Å². The molecule has 1 saturated heterocycles. The van der Waals surface area contributed by atoms with Gasteiger partial charge in [0.1, 0.15) is 22.2 Å². The summed E-state index contributed by atoms with van der Waals surface area (Å²) < 4.78 is 18.7. The van der Waals surface area contributed by atoms with Crippen molar-refractivity contribution in [1.82, 2.24) is 10.4 Å². The molecule has 0 aromatic heterocycles. The fourth-order valence-electron chi connectivity index (χ4n) is 3.31. The van der Waals surface area contributed by atoms with Crippen LogP contribution in [0.4, 0.5) is 10.1 Å². The van der Waals surface area contributed by atoms with E-state index in [0.717, 1.165) is 5.56 Å². The predicted octanol–water partition coefficient (Wildman–Crippen LogP) is 5.30. The van der Waals surface area contributed by atoms with Crippen LogP contribution < -0.4 is 15.5 Å². The molecule has 1 aliphatic heterocycles. The van der Waals surface area contributed by atoms with Gasteiger partial charge in [-0.15, -0.1) is 11.8 Å². The molecule has 1 fully saturated rings. The Morgan fingerprint density at radius 1 is 1.03 bits per heavy atom. The lowest BCUT2D eigenvalue weighted by Gasteiger charge is -2.24. The lowest BCUT2D eigenvalue weighted by molar-refractivity contribution is -0.141. The maximum atomic E-state index is 13.2. The molecule has 176 valence electrons. The average molecular weight is 520 g/mol. The van der Waals surface area contributed by atoms with Crippen molar-refractivity contribution in [3.8, 4) is 5.75 Å². The highest BCUT2D eigenvalue weighted by Gasteiger charge is 2.42. The van der Waals surface area contributed by atoms with E-state index in [4.69, 9.17) is 27.9 Å². The van der Waals surface area contributed by atoms with Crippen LogP contribution in [0.15, 0.2) is 72.8 Å². The van der Waals surface area contributed by atoms with E-state index in [2.05, 4.69) is 10.7 Å². The van der Waals surface area contributed by atoms with Crippen molar-refractivity contribution in [2.75, 3.05) is 18.5 Å². The van der Waals surface area contributed by atoms with Gasteiger partial charge in [0, 0.05) is 22.3 Å². The highest BCUT2D eigenvalue weighted by atomic mass is 35.5. The minimum Gasteiger partial charge on any atom is -0.484 e. The number of hydrazine groups is 1. The number of carbonyl (C=O) groups excluding carboxylic acids is 2. The molecule has 10 heteroatoms. The van der Waals surface area contributed by atoms with Crippen molar-refractivity contribution in [2.45, 2.75) is 10.6 Å². The average Bonchev–Trinajstić information content (AvgIpc) is 3.13. The van der Waals surface area contributed by atoms with Crippen LogP contribution >= 0.6 is 35.0 Å².